The lowest BCUT2D eigenvalue weighted by molar-refractivity contribution is -0.152. The quantitative estimate of drug-likeness (QED) is 0.478. The Morgan fingerprint density at radius 1 is 1.50 bits per heavy atom. The molecule has 1 heterocycles. The first-order valence-electron chi connectivity index (χ1n) is 6.66. The van der Waals surface area contributed by atoms with Crippen molar-refractivity contribution in [3.63, 3.8) is 0 Å². The van der Waals surface area contributed by atoms with Crippen LogP contribution in [0.2, 0.25) is 0 Å². The van der Waals surface area contributed by atoms with Crippen molar-refractivity contribution in [3.8, 4) is 0 Å². The number of nitrogens with zero attached hydrogens (tertiary/aromatic N) is 1. The van der Waals surface area contributed by atoms with E-state index in [1.807, 2.05) is 18.2 Å². The largest absolute Gasteiger partial charge is 0.452 e. The zero-order valence-electron chi connectivity index (χ0n) is 12.1. The van der Waals surface area contributed by atoms with Gasteiger partial charge in [-0.1, -0.05) is 30.0 Å². The van der Waals surface area contributed by atoms with Gasteiger partial charge in [0.15, 0.2) is 11.7 Å². The maximum atomic E-state index is 11.7. The fraction of sp³-hybridized carbons (Fsp3) is 0.267. The number of nitrogens with one attached hydrogen (secondary N) is 1. The average Bonchev–Trinajstić information content (AvgIpc) is 2.93. The highest BCUT2D eigenvalue weighted by atomic mass is 32.2. The molecule has 0 aliphatic heterocycles. The highest BCUT2D eigenvalue weighted by molar-refractivity contribution is 7.99. The monoisotopic (exact) mass is 320 g/mol. The number of ether oxygens (including phenoxy) is 1. The van der Waals surface area contributed by atoms with Gasteiger partial charge in [-0.3, -0.25) is 9.59 Å². The highest BCUT2D eigenvalue weighted by Crippen LogP contribution is 2.23. The third kappa shape index (κ3) is 4.36. The number of amides is 1. The summed E-state index contributed by atoms with van der Waals surface area (Å²) in [7, 11) is 0. The van der Waals surface area contributed by atoms with Gasteiger partial charge in [-0.05, 0) is 19.1 Å². The Morgan fingerprint density at radius 3 is 3.00 bits per heavy atom. The Balaban J connectivity index is 1.82. The Labute approximate surface area is 131 Å². The minimum atomic E-state index is -0.850. The summed E-state index contributed by atoms with van der Waals surface area (Å²) < 4.78 is 10.5. The first-order chi connectivity index (χ1) is 10.6. The number of rotatable bonds is 7. The first kappa shape index (κ1) is 16.1. The Hall–Kier alpha value is -2.28. The standard InChI is InChI=1S/C15H16N2O4S/c1-3-8-16-14(19)10(2)20-13(18)9-22-15-17-11-6-4-5-7-12(11)21-15/h3-7,10H,1,8-9H2,2H3,(H,16,19)/t10-/m1/s1. The molecule has 1 amide bonds. The normalized spacial score (nSPS) is 11.9. The number of carbonyl (C=O) groups excluding carboxylic acids is 2. The van der Waals surface area contributed by atoms with Gasteiger partial charge in [0, 0.05) is 6.54 Å². The minimum Gasteiger partial charge on any atom is -0.452 e. The summed E-state index contributed by atoms with van der Waals surface area (Å²) >= 11 is 1.13. The summed E-state index contributed by atoms with van der Waals surface area (Å²) in [6, 6.07) is 7.33. The van der Waals surface area contributed by atoms with Crippen LogP contribution in [0.15, 0.2) is 46.6 Å². The Morgan fingerprint density at radius 2 is 2.27 bits per heavy atom. The average molecular weight is 320 g/mol. The second-order valence-electron chi connectivity index (χ2n) is 4.40. The molecule has 6 nitrogen and oxygen atoms in total. The van der Waals surface area contributed by atoms with Crippen LogP contribution in [-0.2, 0) is 14.3 Å². The fourth-order valence-corrected chi connectivity index (χ4v) is 2.26. The number of carbonyl (C=O) groups is 2. The van der Waals surface area contributed by atoms with Crippen molar-refractivity contribution >= 4 is 34.7 Å². The van der Waals surface area contributed by atoms with E-state index in [1.165, 1.54) is 6.92 Å². The molecular weight excluding hydrogens is 304 g/mol. The molecule has 1 N–H and O–H groups in total. The van der Waals surface area contributed by atoms with Crippen molar-refractivity contribution in [1.29, 1.82) is 0 Å². The lowest BCUT2D eigenvalue weighted by Gasteiger charge is -2.12. The van der Waals surface area contributed by atoms with E-state index >= 15 is 0 Å². The molecule has 1 aromatic heterocycles. The molecule has 0 aliphatic carbocycles. The maximum Gasteiger partial charge on any atom is 0.317 e. The predicted octanol–water partition coefficient (Wildman–Crippen LogP) is 2.15. The Bertz CT molecular complexity index is 650. The number of benzene rings is 1. The first-order valence-corrected chi connectivity index (χ1v) is 7.65. The third-order valence-corrected chi connectivity index (χ3v) is 3.49. The summed E-state index contributed by atoms with van der Waals surface area (Å²) in [6.07, 6.45) is 0.701. The van der Waals surface area contributed by atoms with E-state index < -0.39 is 12.1 Å². The molecule has 0 spiro atoms. The molecule has 0 radical (unpaired) electrons. The van der Waals surface area contributed by atoms with E-state index in [-0.39, 0.29) is 11.7 Å². The van der Waals surface area contributed by atoms with Crippen molar-refractivity contribution in [1.82, 2.24) is 10.3 Å². The van der Waals surface area contributed by atoms with Crippen LogP contribution in [0.1, 0.15) is 6.92 Å². The molecule has 0 unspecified atom stereocenters. The molecule has 0 saturated carbocycles. The number of aromatic nitrogens is 1. The van der Waals surface area contributed by atoms with Gasteiger partial charge < -0.3 is 14.5 Å². The second kappa shape index (κ2) is 7.65. The molecule has 0 bridgehead atoms. The van der Waals surface area contributed by atoms with Crippen LogP contribution >= 0.6 is 11.8 Å². The van der Waals surface area contributed by atoms with Gasteiger partial charge in [0.2, 0.25) is 0 Å². The smallest absolute Gasteiger partial charge is 0.317 e. The molecular formula is C15H16N2O4S. The van der Waals surface area contributed by atoms with E-state index in [4.69, 9.17) is 9.15 Å². The number of para-hydroxylation sites is 2. The Kier molecular flexibility index (Phi) is 5.60. The van der Waals surface area contributed by atoms with Gasteiger partial charge in [-0.25, -0.2) is 4.98 Å². The van der Waals surface area contributed by atoms with Crippen molar-refractivity contribution < 1.29 is 18.7 Å². The molecule has 2 rings (SSSR count). The van der Waals surface area contributed by atoms with Crippen LogP contribution in [0.25, 0.3) is 11.1 Å². The van der Waals surface area contributed by atoms with Crippen LogP contribution in [-0.4, -0.2) is 35.3 Å². The lowest BCUT2D eigenvalue weighted by Crippen LogP contribution is -2.36. The number of oxazole rings is 1. The van der Waals surface area contributed by atoms with Crippen LogP contribution in [0.4, 0.5) is 0 Å². The molecule has 1 aromatic carbocycles. The van der Waals surface area contributed by atoms with Gasteiger partial charge in [-0.2, -0.15) is 0 Å². The molecule has 2 aromatic rings. The lowest BCUT2D eigenvalue weighted by atomic mass is 10.3. The number of thioether (sulfide) groups is 1. The molecule has 22 heavy (non-hydrogen) atoms. The SMILES string of the molecule is C=CCNC(=O)[C@@H](C)OC(=O)CSc1nc2ccccc2o1. The van der Waals surface area contributed by atoms with E-state index in [1.54, 1.807) is 12.1 Å². The van der Waals surface area contributed by atoms with Crippen LogP contribution in [0.3, 0.4) is 0 Å². The van der Waals surface area contributed by atoms with Gasteiger partial charge >= 0.3 is 5.97 Å². The second-order valence-corrected chi connectivity index (χ2v) is 5.33. The third-order valence-electron chi connectivity index (χ3n) is 2.69. The van der Waals surface area contributed by atoms with Crippen molar-refractivity contribution in [2.24, 2.45) is 0 Å². The van der Waals surface area contributed by atoms with Gasteiger partial charge in [-0.15, -0.1) is 6.58 Å². The van der Waals surface area contributed by atoms with Gasteiger partial charge in [0.1, 0.15) is 11.3 Å². The number of hydrogen-bond acceptors (Lipinski definition) is 6. The van der Waals surface area contributed by atoms with E-state index in [9.17, 15) is 9.59 Å². The van der Waals surface area contributed by atoms with Gasteiger partial charge in [0.25, 0.3) is 11.1 Å². The van der Waals surface area contributed by atoms with Crippen LogP contribution in [0.5, 0.6) is 0 Å². The zero-order chi connectivity index (χ0) is 15.9. The van der Waals surface area contributed by atoms with Crippen molar-refractivity contribution in [2.75, 3.05) is 12.3 Å². The van der Waals surface area contributed by atoms with Crippen LogP contribution < -0.4 is 5.32 Å². The summed E-state index contributed by atoms with van der Waals surface area (Å²) in [5, 5.41) is 2.95. The topological polar surface area (TPSA) is 81.4 Å². The summed E-state index contributed by atoms with van der Waals surface area (Å²) in [5.41, 5.74) is 1.39. The van der Waals surface area contributed by atoms with Crippen molar-refractivity contribution in [2.45, 2.75) is 18.3 Å². The number of hydrogen-bond donors (Lipinski definition) is 1. The molecule has 7 heteroatoms. The van der Waals surface area contributed by atoms with E-state index in [0.29, 0.717) is 17.4 Å². The predicted molar refractivity (Wildman–Crippen MR) is 83.5 cm³/mol. The van der Waals surface area contributed by atoms with Crippen molar-refractivity contribution in [3.05, 3.63) is 36.9 Å². The maximum absolute atomic E-state index is 11.7. The summed E-state index contributed by atoms with van der Waals surface area (Å²) in [6.45, 7) is 5.34. The summed E-state index contributed by atoms with van der Waals surface area (Å²) in [5.74, 6) is -0.847. The van der Waals surface area contributed by atoms with Crippen LogP contribution in [0, 0.1) is 0 Å². The molecule has 0 saturated heterocycles. The molecule has 0 aliphatic rings. The number of esters is 1. The minimum absolute atomic E-state index is 0.0197. The number of fused-ring (bicyclic) bond motifs is 1. The molecule has 0 fully saturated rings. The zero-order valence-corrected chi connectivity index (χ0v) is 12.9. The highest BCUT2D eigenvalue weighted by Gasteiger charge is 2.18. The molecule has 116 valence electrons. The summed E-state index contributed by atoms with van der Waals surface area (Å²) in [4.78, 5) is 27.5. The van der Waals surface area contributed by atoms with E-state index in [2.05, 4.69) is 16.9 Å². The molecule has 1 atom stereocenters. The van der Waals surface area contributed by atoms with E-state index in [0.717, 1.165) is 17.3 Å². The van der Waals surface area contributed by atoms with Gasteiger partial charge in [0.05, 0.1) is 0 Å². The fourth-order valence-electron chi connectivity index (χ4n) is 1.63.